The molecule has 0 aliphatic heterocycles. The molecule has 0 atom stereocenters. The minimum Gasteiger partial charge on any atom is -0.376 e. The van der Waals surface area contributed by atoms with Gasteiger partial charge in [-0.25, -0.2) is 0 Å². The fraction of sp³-hybridized carbons (Fsp3) is 0.154. The van der Waals surface area contributed by atoms with Gasteiger partial charge in [0.05, 0.1) is 11.4 Å². The first kappa shape index (κ1) is 14.6. The SMILES string of the molecule is CN(C)c1ccc(Cl)cc1NC(=O)c1ccc(Cl)nn1. The Morgan fingerprint density at radius 3 is 2.50 bits per heavy atom. The second-order valence-electron chi connectivity index (χ2n) is 4.25. The van der Waals surface area contributed by atoms with Crippen LogP contribution in [0.1, 0.15) is 10.5 Å². The van der Waals surface area contributed by atoms with Crippen LogP contribution in [-0.2, 0) is 0 Å². The third kappa shape index (κ3) is 3.37. The van der Waals surface area contributed by atoms with E-state index in [0.29, 0.717) is 10.7 Å². The summed E-state index contributed by atoms with van der Waals surface area (Å²) < 4.78 is 0. The molecule has 5 nitrogen and oxygen atoms in total. The molecule has 1 aromatic heterocycles. The van der Waals surface area contributed by atoms with Crippen LogP contribution in [0.2, 0.25) is 10.2 Å². The number of benzene rings is 1. The van der Waals surface area contributed by atoms with Crippen LogP contribution in [0.25, 0.3) is 0 Å². The summed E-state index contributed by atoms with van der Waals surface area (Å²) in [5.41, 5.74) is 1.62. The van der Waals surface area contributed by atoms with Crippen LogP contribution >= 0.6 is 23.2 Å². The summed E-state index contributed by atoms with van der Waals surface area (Å²) in [6.07, 6.45) is 0. The molecule has 1 heterocycles. The van der Waals surface area contributed by atoms with Crippen LogP contribution in [0, 0.1) is 0 Å². The first-order chi connectivity index (χ1) is 9.47. The first-order valence-corrected chi connectivity index (χ1v) is 6.50. The van der Waals surface area contributed by atoms with Crippen molar-refractivity contribution in [1.29, 1.82) is 0 Å². The number of aromatic nitrogens is 2. The van der Waals surface area contributed by atoms with Crippen molar-refractivity contribution < 1.29 is 4.79 Å². The Bertz CT molecular complexity index is 629. The topological polar surface area (TPSA) is 58.1 Å². The zero-order valence-electron chi connectivity index (χ0n) is 10.9. The quantitative estimate of drug-likeness (QED) is 0.946. The minimum atomic E-state index is -0.375. The molecular formula is C13H12Cl2N4O. The first-order valence-electron chi connectivity index (χ1n) is 5.75. The molecular weight excluding hydrogens is 299 g/mol. The summed E-state index contributed by atoms with van der Waals surface area (Å²) in [4.78, 5) is 14.0. The number of amides is 1. The van der Waals surface area contributed by atoms with Crippen molar-refractivity contribution in [1.82, 2.24) is 10.2 Å². The van der Waals surface area contributed by atoms with Crippen LogP contribution in [0.15, 0.2) is 30.3 Å². The average molecular weight is 311 g/mol. The molecule has 1 amide bonds. The molecule has 104 valence electrons. The molecule has 7 heteroatoms. The third-order valence-corrected chi connectivity index (χ3v) is 2.99. The molecule has 1 aromatic carbocycles. The number of hydrogen-bond donors (Lipinski definition) is 1. The molecule has 1 N–H and O–H groups in total. The number of halogens is 2. The van der Waals surface area contributed by atoms with E-state index in [-0.39, 0.29) is 16.8 Å². The van der Waals surface area contributed by atoms with Crippen LogP contribution < -0.4 is 10.2 Å². The van der Waals surface area contributed by atoms with Crippen molar-refractivity contribution in [3.8, 4) is 0 Å². The number of anilines is 2. The lowest BCUT2D eigenvalue weighted by Gasteiger charge is -2.18. The summed E-state index contributed by atoms with van der Waals surface area (Å²) in [7, 11) is 3.75. The summed E-state index contributed by atoms with van der Waals surface area (Å²) in [6, 6.07) is 8.27. The zero-order valence-corrected chi connectivity index (χ0v) is 12.4. The largest absolute Gasteiger partial charge is 0.376 e. The van der Waals surface area contributed by atoms with E-state index in [2.05, 4.69) is 15.5 Å². The predicted octanol–water partition coefficient (Wildman–Crippen LogP) is 3.10. The van der Waals surface area contributed by atoms with Gasteiger partial charge < -0.3 is 10.2 Å². The van der Waals surface area contributed by atoms with E-state index in [1.165, 1.54) is 12.1 Å². The van der Waals surface area contributed by atoms with Gasteiger partial charge >= 0.3 is 0 Å². The molecule has 0 saturated heterocycles. The Kier molecular flexibility index (Phi) is 4.42. The van der Waals surface area contributed by atoms with Crippen LogP contribution in [-0.4, -0.2) is 30.2 Å². The van der Waals surface area contributed by atoms with Gasteiger partial charge in [0.1, 0.15) is 0 Å². The molecule has 0 fully saturated rings. The number of carbonyl (C=O) groups is 1. The fourth-order valence-corrected chi connectivity index (χ4v) is 1.89. The van der Waals surface area contributed by atoms with Gasteiger partial charge in [-0.2, -0.15) is 0 Å². The standard InChI is InChI=1S/C13H12Cl2N4O/c1-19(2)11-5-3-8(14)7-10(11)16-13(20)9-4-6-12(15)18-17-9/h3-7H,1-2H3,(H,16,20). The molecule has 2 rings (SSSR count). The Morgan fingerprint density at radius 2 is 1.90 bits per heavy atom. The summed E-state index contributed by atoms with van der Waals surface area (Å²) in [6.45, 7) is 0. The highest BCUT2D eigenvalue weighted by Crippen LogP contribution is 2.28. The van der Waals surface area contributed by atoms with Gasteiger partial charge in [0.25, 0.3) is 5.91 Å². The maximum Gasteiger partial charge on any atom is 0.276 e. The molecule has 0 saturated carbocycles. The van der Waals surface area contributed by atoms with Gasteiger partial charge in [-0.3, -0.25) is 4.79 Å². The summed E-state index contributed by atoms with van der Waals surface area (Å²) >= 11 is 11.6. The van der Waals surface area contributed by atoms with Crippen LogP contribution in [0.5, 0.6) is 0 Å². The van der Waals surface area contributed by atoms with Crippen molar-refractivity contribution >= 4 is 40.5 Å². The van der Waals surface area contributed by atoms with E-state index in [9.17, 15) is 4.79 Å². The maximum atomic E-state index is 12.1. The molecule has 20 heavy (non-hydrogen) atoms. The Labute approximate surface area is 126 Å². The molecule has 2 aromatic rings. The molecule has 0 bridgehead atoms. The third-order valence-electron chi connectivity index (χ3n) is 2.55. The molecule has 0 radical (unpaired) electrons. The lowest BCUT2D eigenvalue weighted by molar-refractivity contribution is 0.102. The van der Waals surface area contributed by atoms with E-state index < -0.39 is 0 Å². The summed E-state index contributed by atoms with van der Waals surface area (Å²) in [5.74, 6) is -0.375. The number of nitrogens with one attached hydrogen (secondary N) is 1. The van der Waals surface area contributed by atoms with E-state index in [0.717, 1.165) is 5.69 Å². The van der Waals surface area contributed by atoms with Gasteiger partial charge in [0.15, 0.2) is 10.8 Å². The highest BCUT2D eigenvalue weighted by Gasteiger charge is 2.12. The predicted molar refractivity (Wildman–Crippen MR) is 80.8 cm³/mol. The van der Waals surface area contributed by atoms with Crippen LogP contribution in [0.3, 0.4) is 0 Å². The molecule has 0 unspecified atom stereocenters. The lowest BCUT2D eigenvalue weighted by atomic mass is 10.2. The van der Waals surface area contributed by atoms with E-state index in [4.69, 9.17) is 23.2 Å². The van der Waals surface area contributed by atoms with Gasteiger partial charge in [-0.1, -0.05) is 23.2 Å². The Balaban J connectivity index is 2.27. The minimum absolute atomic E-state index is 0.180. The van der Waals surface area contributed by atoms with E-state index in [1.807, 2.05) is 25.1 Å². The highest BCUT2D eigenvalue weighted by molar-refractivity contribution is 6.31. The Hall–Kier alpha value is -1.85. The number of rotatable bonds is 3. The average Bonchev–Trinajstić information content (AvgIpc) is 2.39. The van der Waals surface area contributed by atoms with Crippen LogP contribution in [0.4, 0.5) is 11.4 Å². The highest BCUT2D eigenvalue weighted by atomic mass is 35.5. The lowest BCUT2D eigenvalue weighted by Crippen LogP contribution is -2.18. The van der Waals surface area contributed by atoms with Crippen molar-refractivity contribution in [2.24, 2.45) is 0 Å². The van der Waals surface area contributed by atoms with E-state index >= 15 is 0 Å². The fourth-order valence-electron chi connectivity index (χ4n) is 1.62. The number of hydrogen-bond acceptors (Lipinski definition) is 4. The molecule has 0 aliphatic rings. The van der Waals surface area contributed by atoms with Crippen molar-refractivity contribution in [3.63, 3.8) is 0 Å². The molecule has 0 spiro atoms. The second-order valence-corrected chi connectivity index (χ2v) is 5.08. The van der Waals surface area contributed by atoms with Gasteiger partial charge in [-0.15, -0.1) is 10.2 Å². The van der Waals surface area contributed by atoms with Crippen molar-refractivity contribution in [2.45, 2.75) is 0 Å². The zero-order chi connectivity index (χ0) is 14.7. The smallest absolute Gasteiger partial charge is 0.276 e. The van der Waals surface area contributed by atoms with Gasteiger partial charge in [0.2, 0.25) is 0 Å². The second kappa shape index (κ2) is 6.07. The number of carbonyl (C=O) groups excluding carboxylic acids is 1. The normalized spacial score (nSPS) is 10.2. The van der Waals surface area contributed by atoms with Gasteiger partial charge in [0, 0.05) is 19.1 Å². The maximum absolute atomic E-state index is 12.1. The molecule has 0 aliphatic carbocycles. The van der Waals surface area contributed by atoms with Crippen molar-refractivity contribution in [3.05, 3.63) is 46.2 Å². The Morgan fingerprint density at radius 1 is 1.15 bits per heavy atom. The summed E-state index contributed by atoms with van der Waals surface area (Å²) in [5, 5.41) is 10.9. The monoisotopic (exact) mass is 310 g/mol. The number of nitrogens with zero attached hydrogens (tertiary/aromatic N) is 3. The van der Waals surface area contributed by atoms with E-state index in [1.54, 1.807) is 12.1 Å². The van der Waals surface area contributed by atoms with Gasteiger partial charge in [-0.05, 0) is 30.3 Å². The van der Waals surface area contributed by atoms with Crippen molar-refractivity contribution in [2.75, 3.05) is 24.3 Å².